The van der Waals surface area contributed by atoms with Crippen LogP contribution in [0.3, 0.4) is 0 Å². The first-order valence-corrected chi connectivity index (χ1v) is 14.6. The monoisotopic (exact) mass is 600 g/mol. The van der Waals surface area contributed by atoms with Crippen LogP contribution < -0.4 is 18.7 Å². The summed E-state index contributed by atoms with van der Waals surface area (Å²) in [7, 11) is -2.59. The van der Waals surface area contributed by atoms with E-state index in [1.165, 1.54) is 46.1 Å². The van der Waals surface area contributed by atoms with Gasteiger partial charge >= 0.3 is 6.18 Å². The van der Waals surface area contributed by atoms with Gasteiger partial charge in [-0.1, -0.05) is 12.1 Å². The van der Waals surface area contributed by atoms with Crippen molar-refractivity contribution in [2.24, 2.45) is 0 Å². The number of benzene rings is 3. The van der Waals surface area contributed by atoms with Gasteiger partial charge in [-0.05, 0) is 55.0 Å². The van der Waals surface area contributed by atoms with Crippen molar-refractivity contribution in [2.45, 2.75) is 30.6 Å². The third-order valence-electron chi connectivity index (χ3n) is 6.43. The lowest BCUT2D eigenvalue weighted by Gasteiger charge is -2.36. The molecular weight excluding hydrogens is 577 g/mol. The fraction of sp³-hybridized carbons (Fsp3) is 0.214. The number of alkyl halides is 3. The highest BCUT2D eigenvalue weighted by atomic mass is 32.2. The lowest BCUT2D eigenvalue weighted by molar-refractivity contribution is -0.137. The molecule has 3 aromatic carbocycles. The maximum Gasteiger partial charge on any atom is 0.416 e. The Bertz CT molecular complexity index is 1700. The van der Waals surface area contributed by atoms with Crippen LogP contribution in [0.2, 0.25) is 0 Å². The summed E-state index contributed by atoms with van der Waals surface area (Å²) < 4.78 is 80.1. The Morgan fingerprint density at radius 2 is 1.88 bits per heavy atom. The number of sulfonamides is 1. The maximum absolute atomic E-state index is 14.0. The molecular formula is C28H23F3N4O4S2. The van der Waals surface area contributed by atoms with E-state index in [9.17, 15) is 26.9 Å². The molecule has 4 aromatic rings. The second-order valence-electron chi connectivity index (χ2n) is 9.18. The van der Waals surface area contributed by atoms with Crippen LogP contribution >= 0.6 is 11.3 Å². The van der Waals surface area contributed by atoms with Gasteiger partial charge in [-0.2, -0.15) is 18.4 Å². The van der Waals surface area contributed by atoms with E-state index in [4.69, 9.17) is 9.47 Å². The molecule has 1 aliphatic rings. The molecule has 8 nitrogen and oxygen atoms in total. The van der Waals surface area contributed by atoms with Crippen LogP contribution in [-0.4, -0.2) is 33.2 Å². The smallest absolute Gasteiger partial charge is 0.416 e. The van der Waals surface area contributed by atoms with Crippen molar-refractivity contribution in [3.63, 3.8) is 0 Å². The van der Waals surface area contributed by atoms with Gasteiger partial charge in [-0.25, -0.2) is 17.7 Å². The predicted molar refractivity (Wildman–Crippen MR) is 148 cm³/mol. The summed E-state index contributed by atoms with van der Waals surface area (Å²) >= 11 is 1.17. The Hall–Kier alpha value is -4.28. The fourth-order valence-corrected chi connectivity index (χ4v) is 6.76. The number of ether oxygens (including phenoxy) is 2. The molecule has 0 saturated heterocycles. The van der Waals surface area contributed by atoms with Crippen molar-refractivity contribution >= 4 is 37.9 Å². The van der Waals surface area contributed by atoms with Gasteiger partial charge in [0, 0.05) is 17.6 Å². The van der Waals surface area contributed by atoms with Gasteiger partial charge in [-0.3, -0.25) is 0 Å². The van der Waals surface area contributed by atoms with Crippen LogP contribution in [0, 0.1) is 11.3 Å². The fourth-order valence-electron chi connectivity index (χ4n) is 4.47. The summed E-state index contributed by atoms with van der Waals surface area (Å²) in [5, 5.41) is 11.6. The Kier molecular flexibility index (Phi) is 7.54. The molecule has 0 amide bonds. The molecule has 0 aliphatic carbocycles. The summed E-state index contributed by atoms with van der Waals surface area (Å²) in [4.78, 5) is 5.83. The largest absolute Gasteiger partial charge is 0.497 e. The topological polar surface area (TPSA) is 95.8 Å². The predicted octanol–water partition coefficient (Wildman–Crippen LogP) is 6.36. The van der Waals surface area contributed by atoms with Crippen molar-refractivity contribution in [2.75, 3.05) is 22.9 Å². The van der Waals surface area contributed by atoms with Gasteiger partial charge in [0.05, 0.1) is 47.6 Å². The molecule has 0 radical (unpaired) electrons. The van der Waals surface area contributed by atoms with Gasteiger partial charge in [0.2, 0.25) is 0 Å². The van der Waals surface area contributed by atoms with Gasteiger partial charge in [0.1, 0.15) is 23.7 Å². The number of nitriles is 1. The quantitative estimate of drug-likeness (QED) is 0.244. The minimum absolute atomic E-state index is 0.0113. The SMILES string of the molecule is COc1ccc(CN(c2nccs2)S(=O)(=O)c2ccc3c(c2)OC(C)CN3c2ccc(C(F)(F)F)cc2C#N)cc1. The molecule has 1 aromatic heterocycles. The molecule has 1 atom stereocenters. The third-order valence-corrected chi connectivity index (χ3v) is 9.07. The molecule has 0 saturated carbocycles. The zero-order valence-corrected chi connectivity index (χ0v) is 23.4. The number of halogens is 3. The first kappa shape index (κ1) is 28.3. The van der Waals surface area contributed by atoms with E-state index in [1.54, 1.807) is 48.6 Å². The van der Waals surface area contributed by atoms with Crippen LogP contribution in [0.5, 0.6) is 11.5 Å². The Labute approximate surface area is 238 Å². The highest BCUT2D eigenvalue weighted by Gasteiger charge is 2.34. The second kappa shape index (κ2) is 10.9. The molecule has 0 fully saturated rings. The molecule has 0 spiro atoms. The molecule has 0 bridgehead atoms. The van der Waals surface area contributed by atoms with Crippen molar-refractivity contribution in [3.8, 4) is 17.6 Å². The third kappa shape index (κ3) is 5.66. The minimum Gasteiger partial charge on any atom is -0.497 e. The number of rotatable bonds is 7. The number of anilines is 3. The molecule has 212 valence electrons. The number of nitrogens with zero attached hydrogens (tertiary/aromatic N) is 4. The summed E-state index contributed by atoms with van der Waals surface area (Å²) in [6.45, 7) is 2.00. The van der Waals surface area contributed by atoms with Crippen molar-refractivity contribution in [1.82, 2.24) is 4.98 Å². The van der Waals surface area contributed by atoms with Crippen LogP contribution in [0.1, 0.15) is 23.6 Å². The van der Waals surface area contributed by atoms with Crippen molar-refractivity contribution in [1.29, 1.82) is 5.26 Å². The highest BCUT2D eigenvalue weighted by Crippen LogP contribution is 2.42. The minimum atomic E-state index is -4.60. The standard InChI is InChI=1S/C28H23F3N4O4S2/c1-18-16-34(24-9-5-21(28(29,30)31)13-20(24)15-32)25-10-8-23(14-26(25)39-18)41(36,37)35(27-33-11-12-40-27)17-19-3-6-22(38-2)7-4-19/h3-14,18H,16-17H2,1-2H3. The lowest BCUT2D eigenvalue weighted by Crippen LogP contribution is -2.36. The molecule has 13 heteroatoms. The van der Waals surface area contributed by atoms with E-state index < -0.39 is 27.9 Å². The number of aromatic nitrogens is 1. The van der Waals surface area contributed by atoms with E-state index >= 15 is 0 Å². The number of thiazole rings is 1. The lowest BCUT2D eigenvalue weighted by atomic mass is 10.1. The van der Waals surface area contributed by atoms with E-state index in [0.717, 1.165) is 12.1 Å². The van der Waals surface area contributed by atoms with E-state index in [-0.39, 0.29) is 40.1 Å². The summed E-state index contributed by atoms with van der Waals surface area (Å²) in [5.74, 6) is 0.854. The van der Waals surface area contributed by atoms with Gasteiger partial charge in [0.15, 0.2) is 5.13 Å². The number of hydrogen-bond acceptors (Lipinski definition) is 8. The van der Waals surface area contributed by atoms with Crippen LogP contribution in [0.25, 0.3) is 0 Å². The first-order chi connectivity index (χ1) is 19.5. The van der Waals surface area contributed by atoms with Crippen molar-refractivity contribution < 1.29 is 31.1 Å². The number of hydrogen-bond donors (Lipinski definition) is 0. The summed E-state index contributed by atoms with van der Waals surface area (Å²) in [6.07, 6.45) is -3.54. The van der Waals surface area contributed by atoms with E-state index in [0.29, 0.717) is 17.0 Å². The van der Waals surface area contributed by atoms with E-state index in [1.807, 2.05) is 6.07 Å². The Morgan fingerprint density at radius 3 is 2.51 bits per heavy atom. The van der Waals surface area contributed by atoms with E-state index in [2.05, 4.69) is 4.98 Å². The maximum atomic E-state index is 14.0. The zero-order chi connectivity index (χ0) is 29.4. The van der Waals surface area contributed by atoms with Crippen molar-refractivity contribution in [3.05, 3.63) is 88.9 Å². The summed E-state index contributed by atoms with van der Waals surface area (Å²) in [5.41, 5.74) is 0.307. The molecule has 0 N–H and O–H groups in total. The van der Waals surface area contributed by atoms with Gasteiger partial charge in [0.25, 0.3) is 10.0 Å². The highest BCUT2D eigenvalue weighted by molar-refractivity contribution is 7.93. The Balaban J connectivity index is 1.53. The molecule has 2 heterocycles. The average molecular weight is 601 g/mol. The van der Waals surface area contributed by atoms with Crippen LogP contribution in [-0.2, 0) is 22.7 Å². The average Bonchev–Trinajstić information content (AvgIpc) is 3.49. The molecule has 1 aliphatic heterocycles. The number of fused-ring (bicyclic) bond motifs is 1. The molecule has 1 unspecified atom stereocenters. The number of methoxy groups -OCH3 is 1. The van der Waals surface area contributed by atoms with Gasteiger partial charge in [-0.15, -0.1) is 11.3 Å². The van der Waals surface area contributed by atoms with Crippen LogP contribution in [0.15, 0.2) is 77.1 Å². The van der Waals surface area contributed by atoms with Crippen LogP contribution in [0.4, 0.5) is 29.7 Å². The molecule has 41 heavy (non-hydrogen) atoms. The normalized spacial score (nSPS) is 15.0. The summed E-state index contributed by atoms with van der Waals surface area (Å²) in [6, 6.07) is 16.1. The zero-order valence-electron chi connectivity index (χ0n) is 21.8. The van der Waals surface area contributed by atoms with Gasteiger partial charge < -0.3 is 14.4 Å². The Morgan fingerprint density at radius 1 is 1.15 bits per heavy atom. The second-order valence-corrected chi connectivity index (χ2v) is 11.9. The first-order valence-electron chi connectivity index (χ1n) is 12.3. The molecule has 5 rings (SSSR count).